The molecule has 1 aromatic carbocycles. The number of rotatable bonds is 3. The van der Waals surface area contributed by atoms with E-state index < -0.39 is 11.7 Å². The number of ether oxygens (including phenoxy) is 1. The molecule has 0 radical (unpaired) electrons. The van der Waals surface area contributed by atoms with Crippen LogP contribution in [0.3, 0.4) is 0 Å². The van der Waals surface area contributed by atoms with Gasteiger partial charge in [-0.05, 0) is 52.0 Å². The molecule has 0 atom stereocenters. The zero-order valence-electron chi connectivity index (χ0n) is 15.2. The topological polar surface area (TPSA) is 71.5 Å². The summed E-state index contributed by atoms with van der Waals surface area (Å²) in [6.45, 7) is 7.08. The molecule has 6 nitrogen and oxygen atoms in total. The fraction of sp³-hybridized carbons (Fsp3) is 0.316. The SMILES string of the molecule is Cc1nc(NC(=O)OC(C)(C)C)ccc1C(=O)N(C)c1ccccc1. The molecule has 1 N–H and O–H groups in total. The molecule has 6 heteroatoms. The third-order valence-electron chi connectivity index (χ3n) is 3.39. The van der Waals surface area contributed by atoms with E-state index in [-0.39, 0.29) is 5.91 Å². The predicted molar refractivity (Wildman–Crippen MR) is 98.0 cm³/mol. The molecule has 2 rings (SSSR count). The Morgan fingerprint density at radius 2 is 1.72 bits per heavy atom. The number of benzene rings is 1. The molecule has 25 heavy (non-hydrogen) atoms. The van der Waals surface area contributed by atoms with Crippen molar-refractivity contribution in [1.82, 2.24) is 4.98 Å². The Kier molecular flexibility index (Phi) is 5.41. The summed E-state index contributed by atoms with van der Waals surface area (Å²) in [5, 5.41) is 2.57. The highest BCUT2D eigenvalue weighted by molar-refractivity contribution is 6.06. The van der Waals surface area contributed by atoms with Gasteiger partial charge < -0.3 is 9.64 Å². The summed E-state index contributed by atoms with van der Waals surface area (Å²) in [6.07, 6.45) is -0.583. The monoisotopic (exact) mass is 341 g/mol. The highest BCUT2D eigenvalue weighted by atomic mass is 16.6. The van der Waals surface area contributed by atoms with Crippen LogP contribution in [-0.2, 0) is 4.74 Å². The Hall–Kier alpha value is -2.89. The maximum Gasteiger partial charge on any atom is 0.413 e. The van der Waals surface area contributed by atoms with E-state index in [0.717, 1.165) is 5.69 Å². The van der Waals surface area contributed by atoms with Gasteiger partial charge in [-0.1, -0.05) is 18.2 Å². The van der Waals surface area contributed by atoms with Gasteiger partial charge in [0.2, 0.25) is 0 Å². The first-order valence-electron chi connectivity index (χ1n) is 7.98. The summed E-state index contributed by atoms with van der Waals surface area (Å²) < 4.78 is 5.19. The Balaban J connectivity index is 2.14. The van der Waals surface area contributed by atoms with Crippen molar-refractivity contribution in [3.63, 3.8) is 0 Å². The molecule has 0 fully saturated rings. The number of pyridine rings is 1. The smallest absolute Gasteiger partial charge is 0.413 e. The predicted octanol–water partition coefficient (Wildman–Crippen LogP) is 4.01. The van der Waals surface area contributed by atoms with Crippen molar-refractivity contribution >= 4 is 23.5 Å². The molecule has 0 aliphatic heterocycles. The molecule has 132 valence electrons. The van der Waals surface area contributed by atoms with Gasteiger partial charge in [-0.3, -0.25) is 10.1 Å². The zero-order chi connectivity index (χ0) is 18.6. The van der Waals surface area contributed by atoms with Crippen LogP contribution in [0.5, 0.6) is 0 Å². The van der Waals surface area contributed by atoms with Gasteiger partial charge >= 0.3 is 6.09 Å². The van der Waals surface area contributed by atoms with E-state index in [1.165, 1.54) is 0 Å². The second-order valence-corrected chi connectivity index (χ2v) is 6.66. The molecule has 0 spiro atoms. The van der Waals surface area contributed by atoms with E-state index in [2.05, 4.69) is 10.3 Å². The van der Waals surface area contributed by atoms with Crippen molar-refractivity contribution in [3.05, 3.63) is 53.7 Å². The van der Waals surface area contributed by atoms with E-state index >= 15 is 0 Å². The van der Waals surface area contributed by atoms with Crippen LogP contribution in [0.25, 0.3) is 0 Å². The third-order valence-corrected chi connectivity index (χ3v) is 3.39. The van der Waals surface area contributed by atoms with E-state index in [1.54, 1.807) is 51.8 Å². The lowest BCUT2D eigenvalue weighted by Gasteiger charge is -2.20. The minimum atomic E-state index is -0.590. The minimum Gasteiger partial charge on any atom is -0.444 e. The molecule has 0 aliphatic rings. The fourth-order valence-corrected chi connectivity index (χ4v) is 2.21. The van der Waals surface area contributed by atoms with Crippen LogP contribution in [0, 0.1) is 6.92 Å². The van der Waals surface area contributed by atoms with Gasteiger partial charge in [0.15, 0.2) is 0 Å². The highest BCUT2D eigenvalue weighted by Gasteiger charge is 2.19. The number of carbonyl (C=O) groups excluding carboxylic acids is 2. The number of aromatic nitrogens is 1. The fourth-order valence-electron chi connectivity index (χ4n) is 2.21. The lowest BCUT2D eigenvalue weighted by atomic mass is 10.1. The van der Waals surface area contributed by atoms with Crippen LogP contribution in [0.4, 0.5) is 16.3 Å². The highest BCUT2D eigenvalue weighted by Crippen LogP contribution is 2.18. The average Bonchev–Trinajstić information content (AvgIpc) is 2.52. The van der Waals surface area contributed by atoms with Gasteiger partial charge in [0.05, 0.1) is 11.3 Å². The molecule has 2 amide bonds. The third kappa shape index (κ3) is 5.04. The van der Waals surface area contributed by atoms with Crippen LogP contribution in [0.15, 0.2) is 42.5 Å². The first-order chi connectivity index (χ1) is 11.7. The molecular weight excluding hydrogens is 318 g/mol. The molecule has 0 aliphatic carbocycles. The lowest BCUT2D eigenvalue weighted by molar-refractivity contribution is 0.0635. The van der Waals surface area contributed by atoms with E-state index in [0.29, 0.717) is 17.1 Å². The molecular formula is C19H23N3O3. The van der Waals surface area contributed by atoms with Crippen molar-refractivity contribution in [2.45, 2.75) is 33.3 Å². The summed E-state index contributed by atoms with van der Waals surface area (Å²) in [5.74, 6) is 0.172. The number of hydrogen-bond acceptors (Lipinski definition) is 4. The minimum absolute atomic E-state index is 0.167. The van der Waals surface area contributed by atoms with Gasteiger partial charge in [0.25, 0.3) is 5.91 Å². The summed E-state index contributed by atoms with van der Waals surface area (Å²) in [5.41, 5.74) is 1.21. The largest absolute Gasteiger partial charge is 0.444 e. The zero-order valence-corrected chi connectivity index (χ0v) is 15.2. The second-order valence-electron chi connectivity index (χ2n) is 6.66. The summed E-state index contributed by atoms with van der Waals surface area (Å²) >= 11 is 0. The number of para-hydroxylation sites is 1. The summed E-state index contributed by atoms with van der Waals surface area (Å²) in [4.78, 5) is 30.3. The van der Waals surface area contributed by atoms with Gasteiger partial charge in [0.1, 0.15) is 11.4 Å². The average molecular weight is 341 g/mol. The van der Waals surface area contributed by atoms with Crippen molar-refractivity contribution < 1.29 is 14.3 Å². The first kappa shape index (κ1) is 18.4. The quantitative estimate of drug-likeness (QED) is 0.915. The van der Waals surface area contributed by atoms with Gasteiger partial charge in [-0.15, -0.1) is 0 Å². The Morgan fingerprint density at radius 3 is 2.28 bits per heavy atom. The Bertz CT molecular complexity index is 767. The van der Waals surface area contributed by atoms with Crippen molar-refractivity contribution in [3.8, 4) is 0 Å². The Labute approximate surface area is 147 Å². The van der Waals surface area contributed by atoms with E-state index in [9.17, 15) is 9.59 Å². The van der Waals surface area contributed by atoms with Crippen molar-refractivity contribution in [2.24, 2.45) is 0 Å². The van der Waals surface area contributed by atoms with Gasteiger partial charge in [-0.2, -0.15) is 0 Å². The molecule has 0 bridgehead atoms. The van der Waals surface area contributed by atoms with Crippen LogP contribution in [0.2, 0.25) is 0 Å². The number of nitrogens with zero attached hydrogens (tertiary/aromatic N) is 2. The normalized spacial score (nSPS) is 10.9. The molecule has 0 unspecified atom stereocenters. The number of nitrogens with one attached hydrogen (secondary N) is 1. The van der Waals surface area contributed by atoms with Crippen LogP contribution >= 0.6 is 0 Å². The summed E-state index contributed by atoms with van der Waals surface area (Å²) in [6, 6.07) is 12.6. The maximum absolute atomic E-state index is 12.7. The molecule has 1 heterocycles. The first-order valence-corrected chi connectivity index (χ1v) is 7.98. The molecule has 1 aromatic heterocycles. The van der Waals surface area contributed by atoms with E-state index in [4.69, 9.17) is 4.74 Å². The number of anilines is 2. The van der Waals surface area contributed by atoms with Crippen LogP contribution in [0.1, 0.15) is 36.8 Å². The Morgan fingerprint density at radius 1 is 1.08 bits per heavy atom. The molecule has 0 saturated carbocycles. The number of amides is 2. The number of carbonyl (C=O) groups is 2. The second kappa shape index (κ2) is 7.34. The molecule has 2 aromatic rings. The van der Waals surface area contributed by atoms with E-state index in [1.807, 2.05) is 30.3 Å². The standard InChI is InChI=1S/C19H23N3O3/c1-13-15(17(23)22(5)14-9-7-6-8-10-14)11-12-16(20-13)21-18(24)25-19(2,3)4/h6-12H,1-5H3,(H,20,21,24). The van der Waals surface area contributed by atoms with Crippen LogP contribution < -0.4 is 10.2 Å². The summed E-state index contributed by atoms with van der Waals surface area (Å²) in [7, 11) is 1.71. The van der Waals surface area contributed by atoms with Gasteiger partial charge in [-0.25, -0.2) is 9.78 Å². The number of aryl methyl sites for hydroxylation is 1. The van der Waals surface area contributed by atoms with Crippen molar-refractivity contribution in [1.29, 1.82) is 0 Å². The van der Waals surface area contributed by atoms with Gasteiger partial charge in [0, 0.05) is 12.7 Å². The van der Waals surface area contributed by atoms with Crippen LogP contribution in [-0.4, -0.2) is 29.6 Å². The lowest BCUT2D eigenvalue weighted by Crippen LogP contribution is -2.28. The number of hydrogen-bond donors (Lipinski definition) is 1. The van der Waals surface area contributed by atoms with Crippen molar-refractivity contribution in [2.75, 3.05) is 17.3 Å². The molecule has 0 saturated heterocycles. The maximum atomic E-state index is 12.7.